The summed E-state index contributed by atoms with van der Waals surface area (Å²) in [5.74, 6) is 4.75. The lowest BCUT2D eigenvalue weighted by atomic mass is 10.1. The molecule has 26 heavy (non-hydrogen) atoms. The van der Waals surface area contributed by atoms with E-state index in [2.05, 4.69) is 21.3 Å². The van der Waals surface area contributed by atoms with Gasteiger partial charge in [0.2, 0.25) is 0 Å². The van der Waals surface area contributed by atoms with Crippen molar-refractivity contribution in [1.82, 2.24) is 0 Å². The molecule has 0 unspecified atom stereocenters. The lowest BCUT2D eigenvalue weighted by Gasteiger charge is -2.16. The molecule has 0 aliphatic heterocycles. The Morgan fingerprint density at radius 1 is 0.962 bits per heavy atom. The van der Waals surface area contributed by atoms with Gasteiger partial charge in [-0.05, 0) is 30.3 Å². The molecule has 134 valence electrons. The Hall–Kier alpha value is -3.46. The first-order valence-electron chi connectivity index (χ1n) is 7.70. The van der Waals surface area contributed by atoms with Crippen LogP contribution in [-0.4, -0.2) is 45.4 Å². The Morgan fingerprint density at radius 2 is 1.58 bits per heavy atom. The van der Waals surface area contributed by atoms with E-state index in [4.69, 9.17) is 0 Å². The van der Waals surface area contributed by atoms with Gasteiger partial charge in [0, 0.05) is 31.3 Å². The average Bonchev–Trinajstić information content (AvgIpc) is 2.65. The number of hydrogen-bond acceptors (Lipinski definition) is 6. The Morgan fingerprint density at radius 3 is 2.12 bits per heavy atom. The molecule has 0 aliphatic carbocycles. The molecule has 2 aromatic carbocycles. The van der Waals surface area contributed by atoms with Crippen LogP contribution in [0, 0.1) is 11.8 Å². The van der Waals surface area contributed by atoms with Crippen LogP contribution in [0.25, 0.3) is 0 Å². The predicted octanol–water partition coefficient (Wildman–Crippen LogP) is 2.43. The molecule has 0 saturated carbocycles. The average molecular weight is 353 g/mol. The SMILES string of the molecule is COC(=O)c1ccc(C#Cc2cc(C(=O)OC)c(O)cc2N(C)C)cc1. The number of anilines is 1. The number of hydrogen-bond donors (Lipinski definition) is 1. The maximum Gasteiger partial charge on any atom is 0.341 e. The normalized spacial score (nSPS) is 9.69. The maximum absolute atomic E-state index is 11.8. The van der Waals surface area contributed by atoms with Crippen LogP contribution in [0.2, 0.25) is 0 Å². The van der Waals surface area contributed by atoms with Crippen molar-refractivity contribution >= 4 is 17.6 Å². The molecule has 1 N–H and O–H groups in total. The Balaban J connectivity index is 2.44. The number of phenolic OH excluding ortho intramolecular Hbond substituents is 1. The summed E-state index contributed by atoms with van der Waals surface area (Å²) in [7, 11) is 6.18. The van der Waals surface area contributed by atoms with Crippen molar-refractivity contribution in [3.8, 4) is 17.6 Å². The second-order valence-electron chi connectivity index (χ2n) is 5.59. The minimum absolute atomic E-state index is 0.0449. The lowest BCUT2D eigenvalue weighted by Crippen LogP contribution is -2.12. The second kappa shape index (κ2) is 8.08. The third-order valence-electron chi connectivity index (χ3n) is 3.65. The number of carbonyl (C=O) groups excluding carboxylic acids is 2. The molecule has 0 heterocycles. The van der Waals surface area contributed by atoms with Crippen molar-refractivity contribution in [2.45, 2.75) is 0 Å². The fraction of sp³-hybridized carbons (Fsp3) is 0.200. The monoisotopic (exact) mass is 353 g/mol. The number of benzene rings is 2. The Labute approximate surface area is 152 Å². The summed E-state index contributed by atoms with van der Waals surface area (Å²) in [5, 5.41) is 10.0. The summed E-state index contributed by atoms with van der Waals surface area (Å²) < 4.78 is 9.33. The largest absolute Gasteiger partial charge is 0.507 e. The molecular formula is C20H19NO5. The van der Waals surface area contributed by atoms with E-state index < -0.39 is 11.9 Å². The molecular weight excluding hydrogens is 334 g/mol. The van der Waals surface area contributed by atoms with E-state index in [-0.39, 0.29) is 11.3 Å². The minimum atomic E-state index is -0.640. The van der Waals surface area contributed by atoms with Crippen molar-refractivity contribution in [3.63, 3.8) is 0 Å². The van der Waals surface area contributed by atoms with Gasteiger partial charge < -0.3 is 19.5 Å². The highest BCUT2D eigenvalue weighted by Crippen LogP contribution is 2.28. The molecule has 6 heteroatoms. The van der Waals surface area contributed by atoms with Crippen LogP contribution in [0.15, 0.2) is 36.4 Å². The maximum atomic E-state index is 11.8. The van der Waals surface area contributed by atoms with Gasteiger partial charge in [-0.1, -0.05) is 11.8 Å². The first-order valence-corrected chi connectivity index (χ1v) is 7.70. The van der Waals surface area contributed by atoms with E-state index >= 15 is 0 Å². The molecule has 0 fully saturated rings. The summed E-state index contributed by atoms with van der Waals surface area (Å²) in [6.07, 6.45) is 0. The van der Waals surface area contributed by atoms with Gasteiger partial charge in [0.25, 0.3) is 0 Å². The lowest BCUT2D eigenvalue weighted by molar-refractivity contribution is 0.0590. The van der Waals surface area contributed by atoms with Crippen molar-refractivity contribution in [3.05, 3.63) is 58.7 Å². The van der Waals surface area contributed by atoms with Gasteiger partial charge in [0.1, 0.15) is 11.3 Å². The van der Waals surface area contributed by atoms with Crippen LogP contribution in [0.1, 0.15) is 31.8 Å². The van der Waals surface area contributed by atoms with Crippen LogP contribution in [0.3, 0.4) is 0 Å². The smallest absolute Gasteiger partial charge is 0.341 e. The van der Waals surface area contributed by atoms with E-state index in [1.54, 1.807) is 29.2 Å². The third-order valence-corrected chi connectivity index (χ3v) is 3.65. The van der Waals surface area contributed by atoms with Crippen LogP contribution < -0.4 is 4.90 Å². The van der Waals surface area contributed by atoms with Crippen molar-refractivity contribution in [2.24, 2.45) is 0 Å². The topological polar surface area (TPSA) is 76.1 Å². The zero-order chi connectivity index (χ0) is 19.3. The highest BCUT2D eigenvalue weighted by atomic mass is 16.5. The standard InChI is InChI=1S/C20H19NO5/c1-21(2)17-12-18(22)16(20(24)26-4)11-15(17)10-7-13-5-8-14(9-6-13)19(23)25-3/h5-6,8-9,11-12,22H,1-4H3. The zero-order valence-electron chi connectivity index (χ0n) is 15.0. The predicted molar refractivity (Wildman–Crippen MR) is 97.5 cm³/mol. The first kappa shape index (κ1) is 18.9. The first-order chi connectivity index (χ1) is 12.4. The van der Waals surface area contributed by atoms with Gasteiger partial charge in [-0.15, -0.1) is 0 Å². The zero-order valence-corrected chi connectivity index (χ0v) is 15.0. The van der Waals surface area contributed by atoms with E-state index in [0.717, 1.165) is 0 Å². The van der Waals surface area contributed by atoms with Crippen molar-refractivity contribution < 1.29 is 24.2 Å². The summed E-state index contributed by atoms with van der Waals surface area (Å²) in [4.78, 5) is 25.0. The quantitative estimate of drug-likeness (QED) is 0.675. The van der Waals surface area contributed by atoms with Crippen LogP contribution in [0.5, 0.6) is 5.75 Å². The Kier molecular flexibility index (Phi) is 5.86. The molecule has 2 rings (SSSR count). The second-order valence-corrected chi connectivity index (χ2v) is 5.59. The minimum Gasteiger partial charge on any atom is -0.507 e. The molecule has 0 radical (unpaired) electrons. The van der Waals surface area contributed by atoms with Gasteiger partial charge in [-0.3, -0.25) is 0 Å². The number of phenols is 1. The molecule has 0 aliphatic rings. The van der Waals surface area contributed by atoms with E-state index in [0.29, 0.717) is 22.4 Å². The highest BCUT2D eigenvalue weighted by molar-refractivity contribution is 5.94. The summed E-state index contributed by atoms with van der Waals surface area (Å²) in [5.41, 5.74) is 2.39. The summed E-state index contributed by atoms with van der Waals surface area (Å²) in [6, 6.07) is 9.62. The molecule has 0 saturated heterocycles. The van der Waals surface area contributed by atoms with Crippen LogP contribution in [-0.2, 0) is 9.47 Å². The number of carbonyl (C=O) groups is 2. The number of nitrogens with zero attached hydrogens (tertiary/aromatic N) is 1. The molecule has 0 aromatic heterocycles. The van der Waals surface area contributed by atoms with Gasteiger partial charge in [-0.2, -0.15) is 0 Å². The Bertz CT molecular complexity index is 889. The van der Waals surface area contributed by atoms with E-state index in [9.17, 15) is 14.7 Å². The fourth-order valence-electron chi connectivity index (χ4n) is 2.27. The van der Waals surface area contributed by atoms with E-state index in [1.807, 2.05) is 14.1 Å². The molecule has 2 aromatic rings. The number of esters is 2. The number of aromatic hydroxyl groups is 1. The molecule has 6 nitrogen and oxygen atoms in total. The molecule has 0 spiro atoms. The molecule has 0 bridgehead atoms. The number of ether oxygens (including phenoxy) is 2. The van der Waals surface area contributed by atoms with Gasteiger partial charge in [-0.25, -0.2) is 9.59 Å². The van der Waals surface area contributed by atoms with Crippen LogP contribution in [0.4, 0.5) is 5.69 Å². The van der Waals surface area contributed by atoms with Crippen molar-refractivity contribution in [1.29, 1.82) is 0 Å². The number of methoxy groups -OCH3 is 2. The van der Waals surface area contributed by atoms with Crippen LogP contribution >= 0.6 is 0 Å². The molecule has 0 atom stereocenters. The van der Waals surface area contributed by atoms with E-state index in [1.165, 1.54) is 26.4 Å². The fourth-order valence-corrected chi connectivity index (χ4v) is 2.27. The highest BCUT2D eigenvalue weighted by Gasteiger charge is 2.16. The summed E-state index contributed by atoms with van der Waals surface area (Å²) >= 11 is 0. The van der Waals surface area contributed by atoms with Gasteiger partial charge >= 0.3 is 11.9 Å². The van der Waals surface area contributed by atoms with Gasteiger partial charge in [0.05, 0.1) is 25.5 Å². The van der Waals surface area contributed by atoms with Gasteiger partial charge in [0.15, 0.2) is 0 Å². The van der Waals surface area contributed by atoms with Crippen molar-refractivity contribution in [2.75, 3.05) is 33.2 Å². The molecule has 0 amide bonds. The third kappa shape index (κ3) is 4.14. The summed E-state index contributed by atoms with van der Waals surface area (Å²) in [6.45, 7) is 0. The number of rotatable bonds is 3.